The quantitative estimate of drug-likeness (QED) is 0.770. The summed E-state index contributed by atoms with van der Waals surface area (Å²) < 4.78 is 14.8. The molecule has 0 atom stereocenters. The molecule has 88 valence electrons. The number of carbonyl (C=O) groups excluding carboxylic acids is 1. The van der Waals surface area contributed by atoms with Crippen LogP contribution in [0.2, 0.25) is 5.02 Å². The molecule has 0 saturated carbocycles. The molecule has 3 nitrogen and oxygen atoms in total. The van der Waals surface area contributed by atoms with Crippen molar-refractivity contribution >= 4 is 17.9 Å². The number of benzene rings is 1. The second-order valence-corrected chi connectivity index (χ2v) is 4.11. The van der Waals surface area contributed by atoms with Crippen molar-refractivity contribution in [2.24, 2.45) is 7.05 Å². The first-order valence-corrected chi connectivity index (χ1v) is 5.36. The topological polar surface area (TPSA) is 34.9 Å². The van der Waals surface area contributed by atoms with Crippen LogP contribution in [0, 0.1) is 12.7 Å². The van der Waals surface area contributed by atoms with Crippen LogP contribution in [0.25, 0.3) is 11.3 Å². The maximum absolute atomic E-state index is 13.1. The molecule has 2 rings (SSSR count). The summed E-state index contributed by atoms with van der Waals surface area (Å²) in [7, 11) is 1.79. The number of hydrogen-bond acceptors (Lipinski definition) is 2. The molecule has 2 aromatic rings. The Morgan fingerprint density at radius 3 is 2.76 bits per heavy atom. The Balaban J connectivity index is 2.67. The molecule has 0 radical (unpaired) electrons. The van der Waals surface area contributed by atoms with Crippen molar-refractivity contribution in [2.45, 2.75) is 6.92 Å². The number of aromatic nitrogens is 2. The third kappa shape index (κ3) is 1.96. The zero-order valence-corrected chi connectivity index (χ0v) is 10.1. The number of halogens is 2. The van der Waals surface area contributed by atoms with Gasteiger partial charge in [-0.3, -0.25) is 4.79 Å². The second-order valence-electron chi connectivity index (χ2n) is 3.70. The lowest BCUT2D eigenvalue weighted by molar-refractivity contribution is 0.112. The molecule has 5 heteroatoms. The molecule has 0 aliphatic carbocycles. The first-order chi connectivity index (χ1) is 8.04. The number of carbonyl (C=O) groups is 1. The number of aryl methyl sites for hydroxylation is 1. The standard InChI is InChI=1S/C12H10ClFN2O/c1-7-15-11(6-17)12(16(7)2)8-3-4-10(14)9(13)5-8/h3-6H,1-2H3. The van der Waals surface area contributed by atoms with Crippen LogP contribution in [-0.4, -0.2) is 15.8 Å². The summed E-state index contributed by atoms with van der Waals surface area (Å²) in [5.41, 5.74) is 1.63. The van der Waals surface area contributed by atoms with Gasteiger partial charge in [-0.2, -0.15) is 0 Å². The lowest BCUT2D eigenvalue weighted by atomic mass is 10.1. The zero-order valence-electron chi connectivity index (χ0n) is 9.37. The van der Waals surface area contributed by atoms with E-state index in [0.29, 0.717) is 29.1 Å². The van der Waals surface area contributed by atoms with E-state index in [1.165, 1.54) is 12.1 Å². The molecule has 0 N–H and O–H groups in total. The number of nitrogens with zero attached hydrogens (tertiary/aromatic N) is 2. The third-order valence-electron chi connectivity index (χ3n) is 2.65. The van der Waals surface area contributed by atoms with Gasteiger partial charge in [0.1, 0.15) is 17.3 Å². The lowest BCUT2D eigenvalue weighted by Crippen LogP contribution is -1.96. The Kier molecular flexibility index (Phi) is 2.98. The smallest absolute Gasteiger partial charge is 0.170 e. The molecule has 0 saturated heterocycles. The Labute approximate surface area is 103 Å². The molecule has 1 aromatic heterocycles. The van der Waals surface area contributed by atoms with Crippen LogP contribution in [0.15, 0.2) is 18.2 Å². The lowest BCUT2D eigenvalue weighted by Gasteiger charge is -2.05. The number of hydrogen-bond donors (Lipinski definition) is 0. The summed E-state index contributed by atoms with van der Waals surface area (Å²) in [6, 6.07) is 4.33. The number of rotatable bonds is 2. The molecule has 0 amide bonds. The number of aldehydes is 1. The highest BCUT2D eigenvalue weighted by atomic mass is 35.5. The van der Waals surface area contributed by atoms with E-state index >= 15 is 0 Å². The molecule has 0 fully saturated rings. The third-order valence-corrected chi connectivity index (χ3v) is 2.94. The summed E-state index contributed by atoms with van der Waals surface area (Å²) in [5, 5.41) is 0.0261. The van der Waals surface area contributed by atoms with Crippen LogP contribution in [0.4, 0.5) is 4.39 Å². The largest absolute Gasteiger partial charge is 0.331 e. The minimum atomic E-state index is -0.484. The van der Waals surface area contributed by atoms with Gasteiger partial charge >= 0.3 is 0 Å². The average molecular weight is 253 g/mol. The van der Waals surface area contributed by atoms with Gasteiger partial charge in [0.25, 0.3) is 0 Å². The fraction of sp³-hybridized carbons (Fsp3) is 0.167. The predicted octanol–water partition coefficient (Wildman–Crippen LogP) is 3.00. The van der Waals surface area contributed by atoms with Crippen molar-refractivity contribution < 1.29 is 9.18 Å². The van der Waals surface area contributed by atoms with Crippen LogP contribution in [0.1, 0.15) is 16.3 Å². The van der Waals surface area contributed by atoms with Crippen LogP contribution in [0.5, 0.6) is 0 Å². The van der Waals surface area contributed by atoms with Crippen molar-refractivity contribution in [3.05, 3.63) is 40.6 Å². The van der Waals surface area contributed by atoms with E-state index < -0.39 is 5.82 Å². The Morgan fingerprint density at radius 1 is 1.47 bits per heavy atom. The maximum Gasteiger partial charge on any atom is 0.170 e. The highest BCUT2D eigenvalue weighted by Crippen LogP contribution is 2.27. The fourth-order valence-electron chi connectivity index (χ4n) is 1.70. The molecule has 1 aromatic carbocycles. The van der Waals surface area contributed by atoms with Crippen LogP contribution >= 0.6 is 11.6 Å². The predicted molar refractivity (Wildman–Crippen MR) is 63.7 cm³/mol. The zero-order chi connectivity index (χ0) is 12.6. The van der Waals surface area contributed by atoms with Gasteiger partial charge in [-0.05, 0) is 25.1 Å². The highest BCUT2D eigenvalue weighted by Gasteiger charge is 2.14. The molecular weight excluding hydrogens is 243 g/mol. The summed E-state index contributed by atoms with van der Waals surface area (Å²) in [6.45, 7) is 1.79. The van der Waals surface area contributed by atoms with Gasteiger partial charge in [-0.25, -0.2) is 9.37 Å². The van der Waals surface area contributed by atoms with Crippen molar-refractivity contribution in [3.8, 4) is 11.3 Å². The van der Waals surface area contributed by atoms with E-state index in [4.69, 9.17) is 11.6 Å². The van der Waals surface area contributed by atoms with Gasteiger partial charge in [-0.1, -0.05) is 11.6 Å². The van der Waals surface area contributed by atoms with Gasteiger partial charge in [0.2, 0.25) is 0 Å². The molecule has 0 aliphatic heterocycles. The molecule has 0 spiro atoms. The van der Waals surface area contributed by atoms with Crippen LogP contribution < -0.4 is 0 Å². The van der Waals surface area contributed by atoms with Gasteiger partial charge in [-0.15, -0.1) is 0 Å². The van der Waals surface area contributed by atoms with Gasteiger partial charge in [0.05, 0.1) is 10.7 Å². The average Bonchev–Trinajstić information content (AvgIpc) is 2.59. The van der Waals surface area contributed by atoms with E-state index in [0.717, 1.165) is 0 Å². The van der Waals surface area contributed by atoms with E-state index in [9.17, 15) is 9.18 Å². The second kappa shape index (κ2) is 4.30. The normalized spacial score (nSPS) is 10.6. The minimum absolute atomic E-state index is 0.0261. The molecule has 0 aliphatic rings. The Bertz CT molecular complexity index is 592. The highest BCUT2D eigenvalue weighted by molar-refractivity contribution is 6.31. The first kappa shape index (κ1) is 11.8. The molecule has 0 bridgehead atoms. The summed E-state index contributed by atoms with van der Waals surface area (Å²) in [6.07, 6.45) is 0.680. The van der Waals surface area contributed by atoms with Crippen LogP contribution in [-0.2, 0) is 7.05 Å². The van der Waals surface area contributed by atoms with E-state index in [2.05, 4.69) is 4.98 Å². The Hall–Kier alpha value is -1.68. The van der Waals surface area contributed by atoms with Crippen molar-refractivity contribution in [2.75, 3.05) is 0 Å². The summed E-state index contributed by atoms with van der Waals surface area (Å²) in [5.74, 6) is 0.226. The van der Waals surface area contributed by atoms with E-state index in [1.54, 1.807) is 24.6 Å². The van der Waals surface area contributed by atoms with E-state index in [-0.39, 0.29) is 5.02 Å². The van der Waals surface area contributed by atoms with Crippen molar-refractivity contribution in [3.63, 3.8) is 0 Å². The minimum Gasteiger partial charge on any atom is -0.331 e. The van der Waals surface area contributed by atoms with E-state index in [1.807, 2.05) is 0 Å². The molecule has 0 unspecified atom stereocenters. The van der Waals surface area contributed by atoms with Crippen molar-refractivity contribution in [1.82, 2.24) is 9.55 Å². The SMILES string of the molecule is Cc1nc(C=O)c(-c2ccc(F)c(Cl)c2)n1C. The molecule has 1 heterocycles. The molecule has 17 heavy (non-hydrogen) atoms. The monoisotopic (exact) mass is 252 g/mol. The summed E-state index contributed by atoms with van der Waals surface area (Å²) in [4.78, 5) is 15.1. The van der Waals surface area contributed by atoms with Gasteiger partial charge < -0.3 is 4.57 Å². The molecular formula is C12H10ClFN2O. The Morgan fingerprint density at radius 2 is 2.18 bits per heavy atom. The number of imidazole rings is 1. The van der Waals surface area contributed by atoms with Gasteiger partial charge in [0, 0.05) is 12.6 Å². The fourth-order valence-corrected chi connectivity index (χ4v) is 1.88. The summed E-state index contributed by atoms with van der Waals surface area (Å²) >= 11 is 5.73. The van der Waals surface area contributed by atoms with Gasteiger partial charge in [0.15, 0.2) is 6.29 Å². The maximum atomic E-state index is 13.1. The first-order valence-electron chi connectivity index (χ1n) is 4.98. The van der Waals surface area contributed by atoms with Crippen LogP contribution in [0.3, 0.4) is 0 Å². The van der Waals surface area contributed by atoms with Crippen molar-refractivity contribution in [1.29, 1.82) is 0 Å².